The Labute approximate surface area is 110 Å². The quantitative estimate of drug-likeness (QED) is 0.728. The first-order valence-electron chi connectivity index (χ1n) is 6.76. The molecule has 0 saturated heterocycles. The first-order chi connectivity index (χ1) is 8.67. The van der Waals surface area contributed by atoms with Crippen LogP contribution in [0.1, 0.15) is 44.4 Å². The molecule has 3 heteroatoms. The Hall–Kier alpha value is -1.35. The van der Waals surface area contributed by atoms with Gasteiger partial charge in [0.1, 0.15) is 0 Å². The van der Waals surface area contributed by atoms with E-state index in [4.69, 9.17) is 0 Å². The number of aryl methyl sites for hydroxylation is 1. The van der Waals surface area contributed by atoms with E-state index in [1.165, 1.54) is 5.56 Å². The van der Waals surface area contributed by atoms with Gasteiger partial charge in [0.25, 0.3) is 0 Å². The van der Waals surface area contributed by atoms with Gasteiger partial charge in [0.15, 0.2) is 0 Å². The lowest BCUT2D eigenvalue weighted by molar-refractivity contribution is -0.120. The molecule has 0 aromatic heterocycles. The van der Waals surface area contributed by atoms with Crippen molar-refractivity contribution in [3.8, 4) is 0 Å². The summed E-state index contributed by atoms with van der Waals surface area (Å²) in [6.07, 6.45) is 2.09. The zero-order chi connectivity index (χ0) is 13.4. The second-order valence-electron chi connectivity index (χ2n) is 4.56. The van der Waals surface area contributed by atoms with Crippen molar-refractivity contribution in [2.75, 3.05) is 13.1 Å². The van der Waals surface area contributed by atoms with Crippen molar-refractivity contribution in [1.82, 2.24) is 10.6 Å². The van der Waals surface area contributed by atoms with E-state index in [0.717, 1.165) is 24.9 Å². The topological polar surface area (TPSA) is 41.1 Å². The molecule has 0 radical (unpaired) electrons. The average Bonchev–Trinajstić information content (AvgIpc) is 2.39. The summed E-state index contributed by atoms with van der Waals surface area (Å²) in [4.78, 5) is 11.7. The van der Waals surface area contributed by atoms with Gasteiger partial charge in [-0.15, -0.1) is 0 Å². The molecule has 0 aliphatic rings. The van der Waals surface area contributed by atoms with E-state index in [1.807, 2.05) is 6.92 Å². The number of hydrogen-bond acceptors (Lipinski definition) is 2. The van der Waals surface area contributed by atoms with E-state index in [-0.39, 0.29) is 11.9 Å². The van der Waals surface area contributed by atoms with Crippen LogP contribution in [-0.2, 0) is 11.2 Å². The Morgan fingerprint density at radius 3 is 2.44 bits per heavy atom. The van der Waals surface area contributed by atoms with E-state index < -0.39 is 0 Å². The lowest BCUT2D eigenvalue weighted by Crippen LogP contribution is -2.35. The van der Waals surface area contributed by atoms with Crippen LogP contribution in [0.2, 0.25) is 0 Å². The summed E-state index contributed by atoms with van der Waals surface area (Å²) in [7, 11) is 0. The first-order valence-corrected chi connectivity index (χ1v) is 6.76. The van der Waals surface area contributed by atoms with Crippen LogP contribution in [0, 0.1) is 0 Å². The molecule has 1 aromatic rings. The van der Waals surface area contributed by atoms with E-state index in [1.54, 1.807) is 0 Å². The third-order valence-electron chi connectivity index (χ3n) is 2.98. The third-order valence-corrected chi connectivity index (χ3v) is 2.98. The molecule has 18 heavy (non-hydrogen) atoms. The molecule has 1 amide bonds. The zero-order valence-corrected chi connectivity index (χ0v) is 11.6. The van der Waals surface area contributed by atoms with Crippen molar-refractivity contribution in [1.29, 1.82) is 0 Å². The van der Waals surface area contributed by atoms with Crippen molar-refractivity contribution >= 4 is 5.91 Å². The normalized spacial score (nSPS) is 12.2. The molecule has 0 fully saturated rings. The number of rotatable bonds is 7. The summed E-state index contributed by atoms with van der Waals surface area (Å²) in [5.41, 5.74) is 2.47. The second kappa shape index (κ2) is 7.88. The molecule has 1 atom stereocenters. The lowest BCUT2D eigenvalue weighted by atomic mass is 10.1. The molecule has 0 aliphatic heterocycles. The molecule has 0 saturated carbocycles. The summed E-state index contributed by atoms with van der Waals surface area (Å²) in [6, 6.07) is 8.47. The van der Waals surface area contributed by atoms with E-state index >= 15 is 0 Å². The van der Waals surface area contributed by atoms with Crippen LogP contribution >= 0.6 is 0 Å². The molecule has 0 heterocycles. The number of benzene rings is 1. The van der Waals surface area contributed by atoms with Crippen LogP contribution in [-0.4, -0.2) is 19.0 Å². The fraction of sp³-hybridized carbons (Fsp3) is 0.533. The molecule has 1 aromatic carbocycles. The highest BCUT2D eigenvalue weighted by molar-refractivity contribution is 5.78. The van der Waals surface area contributed by atoms with Gasteiger partial charge in [-0.2, -0.15) is 0 Å². The number of hydrogen-bond donors (Lipinski definition) is 2. The highest BCUT2D eigenvalue weighted by atomic mass is 16.1. The average molecular weight is 248 g/mol. The van der Waals surface area contributed by atoms with Crippen LogP contribution in [0.3, 0.4) is 0 Å². The monoisotopic (exact) mass is 248 g/mol. The van der Waals surface area contributed by atoms with Crippen LogP contribution in [0.4, 0.5) is 0 Å². The molecule has 1 rings (SSSR count). The van der Waals surface area contributed by atoms with Gasteiger partial charge in [-0.25, -0.2) is 0 Å². The molecular weight excluding hydrogens is 224 g/mol. The van der Waals surface area contributed by atoms with Gasteiger partial charge >= 0.3 is 0 Å². The molecule has 1 unspecified atom stereocenters. The maximum atomic E-state index is 11.7. The largest absolute Gasteiger partial charge is 0.348 e. The van der Waals surface area contributed by atoms with Gasteiger partial charge in [0.2, 0.25) is 5.91 Å². The molecule has 0 spiro atoms. The van der Waals surface area contributed by atoms with Gasteiger partial charge in [-0.05, 0) is 37.4 Å². The smallest absolute Gasteiger partial charge is 0.234 e. The van der Waals surface area contributed by atoms with Gasteiger partial charge in [-0.3, -0.25) is 4.79 Å². The van der Waals surface area contributed by atoms with Crippen LogP contribution < -0.4 is 10.6 Å². The maximum Gasteiger partial charge on any atom is 0.234 e. The predicted molar refractivity (Wildman–Crippen MR) is 75.5 cm³/mol. The van der Waals surface area contributed by atoms with Crippen LogP contribution in [0.15, 0.2) is 24.3 Å². The highest BCUT2D eigenvalue weighted by Gasteiger charge is 2.08. The Morgan fingerprint density at radius 2 is 1.89 bits per heavy atom. The predicted octanol–water partition coefficient (Wildman–Crippen LogP) is 2.43. The van der Waals surface area contributed by atoms with Crippen molar-refractivity contribution in [2.45, 2.75) is 39.7 Å². The van der Waals surface area contributed by atoms with Crippen LogP contribution in [0.5, 0.6) is 0 Å². The second-order valence-corrected chi connectivity index (χ2v) is 4.56. The van der Waals surface area contributed by atoms with Crippen molar-refractivity contribution in [2.24, 2.45) is 0 Å². The summed E-state index contributed by atoms with van der Waals surface area (Å²) >= 11 is 0. The van der Waals surface area contributed by atoms with Crippen LogP contribution in [0.25, 0.3) is 0 Å². The fourth-order valence-electron chi connectivity index (χ4n) is 1.80. The van der Waals surface area contributed by atoms with Gasteiger partial charge in [-0.1, -0.05) is 38.1 Å². The van der Waals surface area contributed by atoms with Crippen molar-refractivity contribution in [3.05, 3.63) is 35.4 Å². The van der Waals surface area contributed by atoms with Gasteiger partial charge in [0.05, 0.1) is 12.6 Å². The summed E-state index contributed by atoms with van der Waals surface area (Å²) < 4.78 is 0. The van der Waals surface area contributed by atoms with Crippen molar-refractivity contribution < 1.29 is 4.79 Å². The lowest BCUT2D eigenvalue weighted by Gasteiger charge is -2.15. The molecule has 2 N–H and O–H groups in total. The van der Waals surface area contributed by atoms with Gasteiger partial charge < -0.3 is 10.6 Å². The third kappa shape index (κ3) is 4.88. The van der Waals surface area contributed by atoms with Crippen molar-refractivity contribution in [3.63, 3.8) is 0 Å². The van der Waals surface area contributed by atoms with Gasteiger partial charge in [0, 0.05) is 0 Å². The zero-order valence-electron chi connectivity index (χ0n) is 11.6. The minimum Gasteiger partial charge on any atom is -0.348 e. The molecule has 0 aliphatic carbocycles. The molecule has 100 valence electrons. The number of nitrogens with one attached hydrogen (secondary N) is 2. The maximum absolute atomic E-state index is 11.7. The number of carbonyl (C=O) groups is 1. The molecule has 0 bridgehead atoms. The fourth-order valence-corrected chi connectivity index (χ4v) is 1.80. The SMILES string of the molecule is CCCNCC(=O)NC(C)c1ccc(CC)cc1. The standard InChI is InChI=1S/C15H24N2O/c1-4-10-16-11-15(18)17-12(3)14-8-6-13(5-2)7-9-14/h6-9,12,16H,4-5,10-11H2,1-3H3,(H,17,18). The van der Waals surface area contributed by atoms with E-state index in [9.17, 15) is 4.79 Å². The minimum atomic E-state index is 0.0514. The Morgan fingerprint density at radius 1 is 1.22 bits per heavy atom. The van der Waals surface area contributed by atoms with E-state index in [0.29, 0.717) is 6.54 Å². The Kier molecular flexibility index (Phi) is 6.44. The first kappa shape index (κ1) is 14.7. The Balaban J connectivity index is 2.43. The minimum absolute atomic E-state index is 0.0514. The molecule has 3 nitrogen and oxygen atoms in total. The number of carbonyl (C=O) groups excluding carboxylic acids is 1. The Bertz CT molecular complexity index is 359. The molecular formula is C15H24N2O. The highest BCUT2D eigenvalue weighted by Crippen LogP contribution is 2.13. The summed E-state index contributed by atoms with van der Waals surface area (Å²) in [5.74, 6) is 0.0514. The number of amides is 1. The summed E-state index contributed by atoms with van der Waals surface area (Å²) in [5, 5.41) is 6.09. The van der Waals surface area contributed by atoms with E-state index in [2.05, 4.69) is 48.7 Å². The summed E-state index contributed by atoms with van der Waals surface area (Å²) in [6.45, 7) is 7.51.